The lowest BCUT2D eigenvalue weighted by molar-refractivity contribution is -0.137. The highest BCUT2D eigenvalue weighted by Crippen LogP contribution is 2.43. The third-order valence-electron chi connectivity index (χ3n) is 3.51. The topological polar surface area (TPSA) is 81.7 Å². The molecule has 0 spiro atoms. The van der Waals surface area contributed by atoms with Gasteiger partial charge in [-0.05, 0) is 0 Å². The molecule has 1 amide bonds. The summed E-state index contributed by atoms with van der Waals surface area (Å²) in [7, 11) is -3.12. The summed E-state index contributed by atoms with van der Waals surface area (Å²) in [6.07, 6.45) is 0.0416. The zero-order valence-corrected chi connectivity index (χ0v) is 15.1. The van der Waals surface area contributed by atoms with E-state index in [1.165, 1.54) is 0 Å². The van der Waals surface area contributed by atoms with Gasteiger partial charge in [0.25, 0.3) is 0 Å². The fourth-order valence-electron chi connectivity index (χ4n) is 2.20. The van der Waals surface area contributed by atoms with Crippen LogP contribution in [-0.2, 0) is 18.8 Å². The van der Waals surface area contributed by atoms with Crippen molar-refractivity contribution in [3.63, 3.8) is 0 Å². The summed E-state index contributed by atoms with van der Waals surface area (Å²) < 4.78 is 23.5. The second-order valence-electron chi connectivity index (χ2n) is 5.27. The average Bonchev–Trinajstić information content (AvgIpc) is 2.70. The molecule has 0 bridgehead atoms. The maximum Gasteiger partial charge on any atom is 0.407 e. The molecule has 2 rings (SSSR count). The lowest BCUT2D eigenvalue weighted by atomic mass is 10.4. The van der Waals surface area contributed by atoms with Gasteiger partial charge in [-0.1, -0.05) is 67.2 Å². The van der Waals surface area contributed by atoms with Crippen LogP contribution in [-0.4, -0.2) is 31.6 Å². The van der Waals surface area contributed by atoms with E-state index >= 15 is 0 Å². The normalized spacial score (nSPS) is 10.6. The molecule has 2 aromatic rings. The van der Waals surface area contributed by atoms with E-state index in [0.29, 0.717) is 10.6 Å². The summed E-state index contributed by atoms with van der Waals surface area (Å²) in [6.45, 7) is 3.35. The molecule has 0 fully saturated rings. The van der Waals surface area contributed by atoms with E-state index < -0.39 is 19.2 Å². The first-order chi connectivity index (χ1) is 12.6. The number of nitrogens with one attached hydrogen (secondary N) is 1. The monoisotopic (exact) mass is 373 g/mol. The first-order valence-corrected chi connectivity index (χ1v) is 9.85. The third kappa shape index (κ3) is 5.33. The zero-order valence-electron chi connectivity index (χ0n) is 14.2. The second-order valence-corrected chi connectivity index (χ2v) is 8.04. The second kappa shape index (κ2) is 9.59. The van der Waals surface area contributed by atoms with Crippen molar-refractivity contribution in [1.29, 1.82) is 0 Å². The molecule has 26 heavy (non-hydrogen) atoms. The fourth-order valence-corrected chi connectivity index (χ4v) is 4.40. The smallest absolute Gasteiger partial charge is 0.407 e. The Hall–Kier alpha value is -2.85. The van der Waals surface area contributed by atoms with Crippen molar-refractivity contribution in [3.05, 3.63) is 73.3 Å². The lowest BCUT2D eigenvalue weighted by Gasteiger charge is -2.19. The van der Waals surface area contributed by atoms with Crippen LogP contribution in [0.2, 0.25) is 0 Å². The molecule has 7 heteroatoms. The maximum atomic E-state index is 13.6. The van der Waals surface area contributed by atoms with Gasteiger partial charge in [-0.15, -0.1) is 0 Å². The number of esters is 1. The Balaban J connectivity index is 2.00. The van der Waals surface area contributed by atoms with Gasteiger partial charge in [0.1, 0.15) is 6.61 Å². The summed E-state index contributed by atoms with van der Waals surface area (Å²) in [5.74, 6) is -0.571. The van der Waals surface area contributed by atoms with Crippen LogP contribution in [0.25, 0.3) is 0 Å². The summed E-state index contributed by atoms with van der Waals surface area (Å²) in [5.41, 5.74) is 0. The number of carbonyl (C=O) groups is 2. The minimum atomic E-state index is -3.12. The molecule has 0 aliphatic carbocycles. The summed E-state index contributed by atoms with van der Waals surface area (Å²) in [6, 6.07) is 17.8. The Bertz CT molecular complexity index is 749. The Kier molecular flexibility index (Phi) is 7.18. The van der Waals surface area contributed by atoms with Crippen molar-refractivity contribution in [2.24, 2.45) is 0 Å². The predicted molar refractivity (Wildman–Crippen MR) is 100 cm³/mol. The van der Waals surface area contributed by atoms with Crippen LogP contribution < -0.4 is 15.9 Å². The molecule has 6 nitrogen and oxygen atoms in total. The van der Waals surface area contributed by atoms with Gasteiger partial charge in [-0.25, -0.2) is 9.59 Å². The quantitative estimate of drug-likeness (QED) is 0.333. The van der Waals surface area contributed by atoms with Gasteiger partial charge in [0.15, 0.2) is 13.5 Å². The number of carbonyl (C=O) groups excluding carboxylic acids is 2. The Morgan fingerprint density at radius 3 is 2.00 bits per heavy atom. The molecule has 1 N–H and O–H groups in total. The lowest BCUT2D eigenvalue weighted by Crippen LogP contribution is -2.30. The van der Waals surface area contributed by atoms with Gasteiger partial charge in [0.2, 0.25) is 0 Å². The van der Waals surface area contributed by atoms with Crippen molar-refractivity contribution in [3.8, 4) is 0 Å². The van der Waals surface area contributed by atoms with E-state index in [1.807, 2.05) is 12.1 Å². The number of ether oxygens (including phenoxy) is 2. The number of rotatable bonds is 8. The van der Waals surface area contributed by atoms with E-state index in [2.05, 4.69) is 11.9 Å². The molecule has 0 saturated carbocycles. The minimum Gasteiger partial charge on any atom is -0.461 e. The predicted octanol–water partition coefficient (Wildman–Crippen LogP) is 2.41. The van der Waals surface area contributed by atoms with Crippen LogP contribution in [0.3, 0.4) is 0 Å². The molecular formula is C19H20NO5P. The van der Waals surface area contributed by atoms with Gasteiger partial charge in [0, 0.05) is 16.7 Å². The summed E-state index contributed by atoms with van der Waals surface area (Å²) in [4.78, 5) is 22.8. The largest absolute Gasteiger partial charge is 0.461 e. The van der Waals surface area contributed by atoms with Crippen molar-refractivity contribution in [1.82, 2.24) is 5.32 Å². The summed E-state index contributed by atoms with van der Waals surface area (Å²) in [5, 5.41) is 3.66. The molecule has 0 aromatic heterocycles. The van der Waals surface area contributed by atoms with Gasteiger partial charge in [0.05, 0.1) is 6.54 Å². The molecule has 0 heterocycles. The van der Waals surface area contributed by atoms with Crippen molar-refractivity contribution >= 4 is 29.8 Å². The fraction of sp³-hybridized carbons (Fsp3) is 0.158. The number of benzene rings is 2. The van der Waals surface area contributed by atoms with Crippen molar-refractivity contribution in [2.75, 3.05) is 19.5 Å². The zero-order chi connectivity index (χ0) is 18.8. The first kappa shape index (κ1) is 19.5. The standard InChI is InChI=1S/C19H20NO5P/c1-2-18(21)24-14-13-20-19(22)25-15-26(23,16-9-5-3-6-10-16)17-11-7-4-8-12-17/h2-12H,1,13-15H2,(H,20,22). The Morgan fingerprint density at radius 2 is 1.50 bits per heavy atom. The molecule has 136 valence electrons. The van der Waals surface area contributed by atoms with E-state index in [9.17, 15) is 14.2 Å². The average molecular weight is 373 g/mol. The summed E-state index contributed by atoms with van der Waals surface area (Å²) >= 11 is 0. The number of alkyl carbamates (subject to hydrolysis) is 1. The number of hydrogen-bond donors (Lipinski definition) is 1. The van der Waals surface area contributed by atoms with E-state index in [0.717, 1.165) is 6.08 Å². The van der Waals surface area contributed by atoms with Crippen LogP contribution >= 0.6 is 7.14 Å². The van der Waals surface area contributed by atoms with Crippen LogP contribution in [0.1, 0.15) is 0 Å². The molecule has 0 radical (unpaired) electrons. The number of hydrogen-bond acceptors (Lipinski definition) is 5. The highest BCUT2D eigenvalue weighted by atomic mass is 31.2. The van der Waals surface area contributed by atoms with Gasteiger partial charge in [-0.2, -0.15) is 0 Å². The number of amides is 1. The van der Waals surface area contributed by atoms with Crippen molar-refractivity contribution < 1.29 is 23.6 Å². The molecule has 0 aliphatic heterocycles. The van der Waals surface area contributed by atoms with Crippen LogP contribution in [0.5, 0.6) is 0 Å². The molecule has 2 aromatic carbocycles. The highest BCUT2D eigenvalue weighted by Gasteiger charge is 2.28. The third-order valence-corrected chi connectivity index (χ3v) is 6.26. The molecular weight excluding hydrogens is 353 g/mol. The van der Waals surface area contributed by atoms with Crippen molar-refractivity contribution in [2.45, 2.75) is 0 Å². The van der Waals surface area contributed by atoms with Gasteiger partial charge >= 0.3 is 12.1 Å². The van der Waals surface area contributed by atoms with Crippen LogP contribution in [0.15, 0.2) is 73.3 Å². The molecule has 0 aliphatic rings. The maximum absolute atomic E-state index is 13.6. The van der Waals surface area contributed by atoms with E-state index in [4.69, 9.17) is 9.47 Å². The van der Waals surface area contributed by atoms with Gasteiger partial charge in [-0.3, -0.25) is 0 Å². The van der Waals surface area contributed by atoms with E-state index in [1.54, 1.807) is 48.5 Å². The van der Waals surface area contributed by atoms with Gasteiger partial charge < -0.3 is 19.4 Å². The SMILES string of the molecule is C=CC(=O)OCCNC(=O)OCP(=O)(c1ccccc1)c1ccccc1. The minimum absolute atomic E-state index is 0.00498. The van der Waals surface area contributed by atoms with E-state index in [-0.39, 0.29) is 19.5 Å². The van der Waals surface area contributed by atoms with Crippen LogP contribution in [0.4, 0.5) is 4.79 Å². The molecule has 0 unspecified atom stereocenters. The molecule has 0 atom stereocenters. The Labute approximate surface area is 152 Å². The van der Waals surface area contributed by atoms with Crippen LogP contribution in [0, 0.1) is 0 Å². The highest BCUT2D eigenvalue weighted by molar-refractivity contribution is 7.78. The Morgan fingerprint density at radius 1 is 0.962 bits per heavy atom. The molecule has 0 saturated heterocycles. The first-order valence-electron chi connectivity index (χ1n) is 7.96.